The van der Waals surface area contributed by atoms with Crippen LogP contribution in [-0.2, 0) is 6.42 Å². The maximum Gasteiger partial charge on any atom is 0.0515 e. The molecule has 0 radical (unpaired) electrons. The van der Waals surface area contributed by atoms with E-state index in [-0.39, 0.29) is 13.2 Å². The molecule has 0 aromatic heterocycles. The Morgan fingerprint density at radius 3 is 2.37 bits per heavy atom. The Balaban J connectivity index is 2.24. The first kappa shape index (κ1) is 14.8. The third-order valence-corrected chi connectivity index (χ3v) is 4.95. The van der Waals surface area contributed by atoms with E-state index in [1.54, 1.807) is 0 Å². The van der Waals surface area contributed by atoms with Crippen LogP contribution in [0.5, 0.6) is 0 Å². The van der Waals surface area contributed by atoms with E-state index in [1.165, 1.54) is 12.8 Å². The van der Waals surface area contributed by atoms with Gasteiger partial charge in [0.1, 0.15) is 0 Å². The van der Waals surface area contributed by atoms with Gasteiger partial charge in [-0.1, -0.05) is 36.6 Å². The maximum atomic E-state index is 9.84. The van der Waals surface area contributed by atoms with Crippen LogP contribution >= 0.6 is 11.6 Å². The molecule has 1 fully saturated rings. The van der Waals surface area contributed by atoms with Crippen LogP contribution in [0.1, 0.15) is 36.8 Å². The number of aliphatic hydroxyl groups is 2. The van der Waals surface area contributed by atoms with Gasteiger partial charge < -0.3 is 10.2 Å². The van der Waals surface area contributed by atoms with E-state index in [1.807, 2.05) is 25.1 Å². The Morgan fingerprint density at radius 1 is 1.21 bits per heavy atom. The fraction of sp³-hybridized carbons (Fsp3) is 0.625. The average molecular weight is 283 g/mol. The second kappa shape index (κ2) is 6.25. The summed E-state index contributed by atoms with van der Waals surface area (Å²) in [7, 11) is 0. The maximum absolute atomic E-state index is 9.84. The summed E-state index contributed by atoms with van der Waals surface area (Å²) in [6.07, 6.45) is 5.26. The van der Waals surface area contributed by atoms with E-state index in [0.717, 1.165) is 29.0 Å². The molecule has 0 unspecified atom stereocenters. The van der Waals surface area contributed by atoms with E-state index < -0.39 is 5.41 Å². The van der Waals surface area contributed by atoms with Crippen LogP contribution in [0.2, 0.25) is 5.02 Å². The van der Waals surface area contributed by atoms with E-state index >= 15 is 0 Å². The molecule has 2 rings (SSSR count). The van der Waals surface area contributed by atoms with Crippen LogP contribution in [0.3, 0.4) is 0 Å². The molecular formula is C16H23ClO2. The van der Waals surface area contributed by atoms with Gasteiger partial charge in [-0.25, -0.2) is 0 Å². The first-order chi connectivity index (χ1) is 9.11. The number of halogens is 1. The molecule has 3 heteroatoms. The number of hydrogen-bond donors (Lipinski definition) is 2. The van der Waals surface area contributed by atoms with E-state index in [4.69, 9.17) is 11.6 Å². The zero-order valence-electron chi connectivity index (χ0n) is 11.5. The second-order valence-corrected chi connectivity index (χ2v) is 6.34. The molecule has 0 aliphatic heterocycles. The Hall–Kier alpha value is -0.570. The summed E-state index contributed by atoms with van der Waals surface area (Å²) >= 11 is 6.29. The van der Waals surface area contributed by atoms with Gasteiger partial charge in [0.2, 0.25) is 0 Å². The number of aliphatic hydroxyl groups excluding tert-OH is 2. The van der Waals surface area contributed by atoms with Crippen LogP contribution in [-0.4, -0.2) is 23.4 Å². The number of aryl methyl sites for hydroxylation is 1. The average Bonchev–Trinajstić information content (AvgIpc) is 2.93. The van der Waals surface area contributed by atoms with E-state index in [9.17, 15) is 10.2 Å². The van der Waals surface area contributed by atoms with Crippen molar-refractivity contribution in [2.24, 2.45) is 11.3 Å². The fourth-order valence-corrected chi connectivity index (χ4v) is 3.58. The van der Waals surface area contributed by atoms with Crippen molar-refractivity contribution in [2.75, 3.05) is 13.2 Å². The highest BCUT2D eigenvalue weighted by molar-refractivity contribution is 6.31. The number of rotatable bonds is 5. The second-order valence-electron chi connectivity index (χ2n) is 5.93. The highest BCUT2D eigenvalue weighted by Gasteiger charge is 2.39. The molecule has 0 saturated heterocycles. The lowest BCUT2D eigenvalue weighted by Crippen LogP contribution is -2.39. The van der Waals surface area contributed by atoms with Crippen LogP contribution in [0, 0.1) is 18.3 Å². The standard InChI is InChI=1S/C16H23ClO2/c1-12-6-7-13(15(17)8-12)9-16(10-18,11-19)14-4-2-3-5-14/h6-8,14,18-19H,2-5,9-11H2,1H3. The Kier molecular flexibility index (Phi) is 4.88. The lowest BCUT2D eigenvalue weighted by Gasteiger charge is -2.36. The highest BCUT2D eigenvalue weighted by Crippen LogP contribution is 2.42. The molecule has 0 spiro atoms. The first-order valence-corrected chi connectivity index (χ1v) is 7.46. The predicted octanol–water partition coefficient (Wildman–Crippen LogP) is 3.35. The summed E-state index contributed by atoms with van der Waals surface area (Å²) in [5, 5.41) is 20.4. The van der Waals surface area contributed by atoms with Crippen LogP contribution in [0.4, 0.5) is 0 Å². The normalized spacial score (nSPS) is 17.1. The molecule has 0 atom stereocenters. The Labute approximate surface area is 120 Å². The third-order valence-electron chi connectivity index (χ3n) is 4.60. The minimum absolute atomic E-state index is 0.0262. The fourth-order valence-electron chi connectivity index (χ4n) is 3.28. The summed E-state index contributed by atoms with van der Waals surface area (Å²) < 4.78 is 0. The van der Waals surface area contributed by atoms with Crippen molar-refractivity contribution in [3.05, 3.63) is 34.3 Å². The molecule has 1 saturated carbocycles. The van der Waals surface area contributed by atoms with Crippen molar-refractivity contribution in [1.29, 1.82) is 0 Å². The lowest BCUT2D eigenvalue weighted by atomic mass is 9.71. The van der Waals surface area contributed by atoms with Crippen LogP contribution in [0.25, 0.3) is 0 Å². The molecule has 1 aromatic carbocycles. The first-order valence-electron chi connectivity index (χ1n) is 7.08. The molecule has 1 aliphatic rings. The van der Waals surface area contributed by atoms with Crippen LogP contribution in [0.15, 0.2) is 18.2 Å². The molecule has 1 aliphatic carbocycles. The molecule has 106 valence electrons. The third kappa shape index (κ3) is 3.13. The molecule has 0 amide bonds. The molecule has 0 bridgehead atoms. The summed E-state index contributed by atoms with van der Waals surface area (Å²) in [6, 6.07) is 6.01. The monoisotopic (exact) mass is 282 g/mol. The summed E-state index contributed by atoms with van der Waals surface area (Å²) in [5.74, 6) is 0.403. The predicted molar refractivity (Wildman–Crippen MR) is 78.5 cm³/mol. The SMILES string of the molecule is Cc1ccc(CC(CO)(CO)C2CCCC2)c(Cl)c1. The minimum atomic E-state index is -0.421. The molecule has 2 nitrogen and oxygen atoms in total. The van der Waals surface area contributed by atoms with E-state index in [2.05, 4.69) is 0 Å². The molecular weight excluding hydrogens is 260 g/mol. The summed E-state index contributed by atoms with van der Waals surface area (Å²) in [5.41, 5.74) is 1.74. The molecule has 0 heterocycles. The van der Waals surface area contributed by atoms with Gasteiger partial charge in [-0.15, -0.1) is 0 Å². The van der Waals surface area contributed by atoms with Gasteiger partial charge in [0.15, 0.2) is 0 Å². The van der Waals surface area contributed by atoms with Gasteiger partial charge in [-0.3, -0.25) is 0 Å². The zero-order valence-corrected chi connectivity index (χ0v) is 12.3. The van der Waals surface area contributed by atoms with Gasteiger partial charge >= 0.3 is 0 Å². The van der Waals surface area contributed by atoms with Crippen molar-refractivity contribution in [2.45, 2.75) is 39.0 Å². The van der Waals surface area contributed by atoms with Crippen LogP contribution < -0.4 is 0 Å². The molecule has 1 aromatic rings. The van der Waals surface area contributed by atoms with Gasteiger partial charge in [0, 0.05) is 10.4 Å². The van der Waals surface area contributed by atoms with Crippen molar-refractivity contribution in [3.63, 3.8) is 0 Å². The van der Waals surface area contributed by atoms with E-state index in [0.29, 0.717) is 12.3 Å². The summed E-state index contributed by atoms with van der Waals surface area (Å²) in [6.45, 7) is 2.06. The van der Waals surface area contributed by atoms with Crippen molar-refractivity contribution < 1.29 is 10.2 Å². The van der Waals surface area contributed by atoms with Crippen molar-refractivity contribution in [1.82, 2.24) is 0 Å². The van der Waals surface area contributed by atoms with Crippen molar-refractivity contribution >= 4 is 11.6 Å². The quantitative estimate of drug-likeness (QED) is 0.869. The molecule has 2 N–H and O–H groups in total. The Bertz CT molecular complexity index is 421. The number of benzene rings is 1. The summed E-state index contributed by atoms with van der Waals surface area (Å²) in [4.78, 5) is 0. The highest BCUT2D eigenvalue weighted by atomic mass is 35.5. The van der Waals surface area contributed by atoms with Gasteiger partial charge in [-0.05, 0) is 49.3 Å². The van der Waals surface area contributed by atoms with Gasteiger partial charge in [0.05, 0.1) is 13.2 Å². The Morgan fingerprint density at radius 2 is 1.84 bits per heavy atom. The topological polar surface area (TPSA) is 40.5 Å². The zero-order chi connectivity index (χ0) is 13.9. The van der Waals surface area contributed by atoms with Gasteiger partial charge in [0.25, 0.3) is 0 Å². The minimum Gasteiger partial charge on any atom is -0.396 e. The molecule has 19 heavy (non-hydrogen) atoms. The van der Waals surface area contributed by atoms with Crippen molar-refractivity contribution in [3.8, 4) is 0 Å². The van der Waals surface area contributed by atoms with Gasteiger partial charge in [-0.2, -0.15) is 0 Å². The number of hydrogen-bond acceptors (Lipinski definition) is 2. The largest absolute Gasteiger partial charge is 0.396 e. The lowest BCUT2D eigenvalue weighted by molar-refractivity contribution is 0.00572. The smallest absolute Gasteiger partial charge is 0.0515 e.